The summed E-state index contributed by atoms with van der Waals surface area (Å²) in [7, 11) is -3.18. The van der Waals surface area contributed by atoms with E-state index >= 15 is 0 Å². The summed E-state index contributed by atoms with van der Waals surface area (Å²) in [5.41, 5.74) is 1.86. The molecule has 2 amide bonds. The van der Waals surface area contributed by atoms with Gasteiger partial charge >= 0.3 is 6.03 Å². The molecule has 116 valence electrons. The molecule has 0 aliphatic carbocycles. The quantitative estimate of drug-likeness (QED) is 0.889. The minimum absolute atomic E-state index is 0.0805. The number of carbonyl (C=O) groups excluding carboxylic acids is 1. The molecule has 1 saturated heterocycles. The molecule has 1 aromatic rings. The van der Waals surface area contributed by atoms with Gasteiger partial charge in [0, 0.05) is 24.8 Å². The fourth-order valence-electron chi connectivity index (χ4n) is 2.43. The number of hydrogen-bond acceptors (Lipinski definition) is 3. The largest absolute Gasteiger partial charge is 0.324 e. The molecule has 1 heterocycles. The van der Waals surface area contributed by atoms with E-state index in [1.165, 1.54) is 0 Å². The van der Waals surface area contributed by atoms with E-state index in [0.29, 0.717) is 25.9 Å². The van der Waals surface area contributed by atoms with E-state index in [1.807, 2.05) is 31.2 Å². The number of aryl methyl sites for hydroxylation is 1. The van der Waals surface area contributed by atoms with Gasteiger partial charge in [0.1, 0.15) is 0 Å². The average Bonchev–Trinajstić information content (AvgIpc) is 2.37. The molecule has 1 aliphatic rings. The van der Waals surface area contributed by atoms with Crippen molar-refractivity contribution in [3.63, 3.8) is 0 Å². The van der Waals surface area contributed by atoms with Gasteiger partial charge in [-0.05, 0) is 37.5 Å². The number of benzene rings is 1. The number of anilines is 1. The monoisotopic (exact) mass is 311 g/mol. The zero-order chi connectivity index (χ0) is 15.5. The Balaban J connectivity index is 1.86. The Bertz CT molecular complexity index is 608. The first-order chi connectivity index (χ1) is 9.83. The first-order valence-corrected chi connectivity index (χ1v) is 8.82. The number of nitrogens with one attached hydrogen (secondary N) is 2. The van der Waals surface area contributed by atoms with Crippen molar-refractivity contribution in [1.82, 2.24) is 9.62 Å². The Kier molecular flexibility index (Phi) is 4.84. The van der Waals surface area contributed by atoms with Crippen molar-refractivity contribution >= 4 is 21.7 Å². The Morgan fingerprint density at radius 3 is 2.52 bits per heavy atom. The minimum atomic E-state index is -3.18. The molecule has 0 bridgehead atoms. The highest BCUT2D eigenvalue weighted by molar-refractivity contribution is 7.88. The first kappa shape index (κ1) is 15.8. The van der Waals surface area contributed by atoms with E-state index in [4.69, 9.17) is 0 Å². The number of amides is 2. The van der Waals surface area contributed by atoms with Crippen LogP contribution >= 0.6 is 0 Å². The number of hydrogen-bond donors (Lipinski definition) is 2. The summed E-state index contributed by atoms with van der Waals surface area (Å²) in [5, 5.41) is 2.86. The summed E-state index contributed by atoms with van der Waals surface area (Å²) in [6.45, 7) is 3.06. The molecule has 6 nitrogen and oxygen atoms in total. The number of sulfonamides is 1. The molecule has 1 aliphatic heterocycles. The maximum absolute atomic E-state index is 12.1. The normalized spacial score (nSPS) is 16.8. The third-order valence-electron chi connectivity index (χ3n) is 3.43. The summed E-state index contributed by atoms with van der Waals surface area (Å²) in [6.07, 6.45) is 2.42. The van der Waals surface area contributed by atoms with E-state index in [9.17, 15) is 13.2 Å². The molecule has 0 radical (unpaired) electrons. The maximum Gasteiger partial charge on any atom is 0.321 e. The molecule has 2 rings (SSSR count). The predicted molar refractivity (Wildman–Crippen MR) is 82.8 cm³/mol. The lowest BCUT2D eigenvalue weighted by molar-refractivity contribution is 0.193. The number of nitrogens with zero attached hydrogens (tertiary/aromatic N) is 1. The first-order valence-electron chi connectivity index (χ1n) is 6.93. The van der Waals surface area contributed by atoms with Crippen LogP contribution in [0.1, 0.15) is 18.4 Å². The van der Waals surface area contributed by atoms with Crippen LogP contribution in [0, 0.1) is 6.92 Å². The van der Waals surface area contributed by atoms with Crippen LogP contribution in [0.4, 0.5) is 10.5 Å². The zero-order valence-corrected chi connectivity index (χ0v) is 13.1. The lowest BCUT2D eigenvalue weighted by atomic mass is 10.1. The lowest BCUT2D eigenvalue weighted by Crippen LogP contribution is -2.47. The fraction of sp³-hybridized carbons (Fsp3) is 0.500. The van der Waals surface area contributed by atoms with E-state index in [-0.39, 0.29) is 12.1 Å². The third-order valence-corrected chi connectivity index (χ3v) is 4.19. The zero-order valence-electron chi connectivity index (χ0n) is 12.3. The average molecular weight is 311 g/mol. The smallest absolute Gasteiger partial charge is 0.321 e. The van der Waals surface area contributed by atoms with Crippen molar-refractivity contribution < 1.29 is 13.2 Å². The van der Waals surface area contributed by atoms with Crippen LogP contribution in [-0.2, 0) is 10.0 Å². The van der Waals surface area contributed by atoms with Gasteiger partial charge in [-0.25, -0.2) is 17.9 Å². The van der Waals surface area contributed by atoms with Crippen molar-refractivity contribution in [2.24, 2.45) is 0 Å². The van der Waals surface area contributed by atoms with Crippen LogP contribution in [0.25, 0.3) is 0 Å². The molecule has 0 spiro atoms. The van der Waals surface area contributed by atoms with Gasteiger partial charge in [0.2, 0.25) is 10.0 Å². The van der Waals surface area contributed by atoms with Gasteiger partial charge in [-0.2, -0.15) is 0 Å². The third kappa shape index (κ3) is 5.02. The Morgan fingerprint density at radius 1 is 1.29 bits per heavy atom. The summed E-state index contributed by atoms with van der Waals surface area (Å²) >= 11 is 0. The maximum atomic E-state index is 12.1. The molecule has 7 heteroatoms. The van der Waals surface area contributed by atoms with Crippen LogP contribution < -0.4 is 10.0 Å². The molecule has 0 unspecified atom stereocenters. The second-order valence-electron chi connectivity index (χ2n) is 5.45. The molecular weight excluding hydrogens is 290 g/mol. The Labute approximate surface area is 125 Å². The van der Waals surface area contributed by atoms with Gasteiger partial charge < -0.3 is 10.2 Å². The summed E-state index contributed by atoms with van der Waals surface area (Å²) in [5.74, 6) is 0. The molecule has 21 heavy (non-hydrogen) atoms. The molecular formula is C14H21N3O3S. The highest BCUT2D eigenvalue weighted by Crippen LogP contribution is 2.14. The van der Waals surface area contributed by atoms with Gasteiger partial charge in [0.25, 0.3) is 0 Å². The number of rotatable bonds is 3. The molecule has 0 aromatic heterocycles. The molecule has 1 fully saturated rings. The van der Waals surface area contributed by atoms with Crippen molar-refractivity contribution in [2.75, 3.05) is 24.7 Å². The molecule has 0 saturated carbocycles. The second-order valence-corrected chi connectivity index (χ2v) is 7.23. The van der Waals surface area contributed by atoms with Crippen LogP contribution in [0.5, 0.6) is 0 Å². The highest BCUT2D eigenvalue weighted by atomic mass is 32.2. The number of urea groups is 1. The number of carbonyl (C=O) groups is 1. The van der Waals surface area contributed by atoms with Crippen molar-refractivity contribution in [2.45, 2.75) is 25.8 Å². The predicted octanol–water partition coefficient (Wildman–Crippen LogP) is 1.54. The molecule has 2 N–H and O–H groups in total. The van der Waals surface area contributed by atoms with Gasteiger partial charge in [0.15, 0.2) is 0 Å². The van der Waals surface area contributed by atoms with E-state index in [0.717, 1.165) is 17.5 Å². The SMILES string of the molecule is Cc1cccc(NC(=O)N2CCC(NS(C)(=O)=O)CC2)c1. The Morgan fingerprint density at radius 2 is 1.95 bits per heavy atom. The minimum Gasteiger partial charge on any atom is -0.324 e. The second kappa shape index (κ2) is 6.44. The van der Waals surface area contributed by atoms with E-state index in [1.54, 1.807) is 4.90 Å². The highest BCUT2D eigenvalue weighted by Gasteiger charge is 2.24. The Hall–Kier alpha value is -1.60. The van der Waals surface area contributed by atoms with Gasteiger partial charge in [0.05, 0.1) is 6.26 Å². The van der Waals surface area contributed by atoms with E-state index in [2.05, 4.69) is 10.0 Å². The van der Waals surface area contributed by atoms with Crippen molar-refractivity contribution in [3.05, 3.63) is 29.8 Å². The summed E-state index contributed by atoms with van der Waals surface area (Å²) in [4.78, 5) is 13.9. The molecule has 1 aromatic carbocycles. The number of likely N-dealkylation sites (tertiary alicyclic amines) is 1. The van der Waals surface area contributed by atoms with Crippen molar-refractivity contribution in [3.8, 4) is 0 Å². The van der Waals surface area contributed by atoms with Gasteiger partial charge in [-0.1, -0.05) is 12.1 Å². The van der Waals surface area contributed by atoms with Crippen LogP contribution in [0.2, 0.25) is 0 Å². The van der Waals surface area contributed by atoms with E-state index < -0.39 is 10.0 Å². The standard InChI is InChI=1S/C14H21N3O3S/c1-11-4-3-5-13(10-11)15-14(18)17-8-6-12(7-9-17)16-21(2,19)20/h3-5,10,12,16H,6-9H2,1-2H3,(H,15,18). The van der Waals surface area contributed by atoms with Crippen LogP contribution in [-0.4, -0.2) is 44.7 Å². The molecule has 0 atom stereocenters. The van der Waals surface area contributed by atoms with Crippen molar-refractivity contribution in [1.29, 1.82) is 0 Å². The topological polar surface area (TPSA) is 78.5 Å². The number of piperidine rings is 1. The van der Waals surface area contributed by atoms with Gasteiger partial charge in [-0.3, -0.25) is 0 Å². The fourth-order valence-corrected chi connectivity index (χ4v) is 3.27. The summed E-state index contributed by atoms with van der Waals surface area (Å²) < 4.78 is 25.0. The summed E-state index contributed by atoms with van der Waals surface area (Å²) in [6, 6.07) is 7.41. The van der Waals surface area contributed by atoms with Gasteiger partial charge in [-0.15, -0.1) is 0 Å². The van der Waals surface area contributed by atoms with Crippen LogP contribution in [0.3, 0.4) is 0 Å². The lowest BCUT2D eigenvalue weighted by Gasteiger charge is -2.32. The van der Waals surface area contributed by atoms with Crippen LogP contribution in [0.15, 0.2) is 24.3 Å².